The fraction of sp³-hybridized carbons (Fsp3) is 1.00. The van der Waals surface area contributed by atoms with Crippen molar-refractivity contribution in [1.82, 2.24) is 4.90 Å². The van der Waals surface area contributed by atoms with Crippen LogP contribution >= 0.6 is 0 Å². The monoisotopic (exact) mass is 200 g/mol. The summed E-state index contributed by atoms with van der Waals surface area (Å²) >= 11 is 0. The largest absolute Gasteiger partial charge is 0.393 e. The number of hydrogen-bond acceptors (Lipinski definition) is 3. The van der Waals surface area contributed by atoms with Crippen LogP contribution in [0.5, 0.6) is 0 Å². The molecule has 1 aliphatic rings. The molecule has 0 amide bonds. The van der Waals surface area contributed by atoms with E-state index in [1.165, 1.54) is 12.8 Å². The first kappa shape index (κ1) is 12.0. The van der Waals surface area contributed by atoms with Crippen molar-refractivity contribution in [2.45, 2.75) is 45.3 Å². The van der Waals surface area contributed by atoms with Gasteiger partial charge < -0.3 is 15.7 Å². The molecule has 1 rings (SSSR count). The van der Waals surface area contributed by atoms with Crippen LogP contribution in [-0.2, 0) is 0 Å². The second-order valence-electron chi connectivity index (χ2n) is 4.66. The highest BCUT2D eigenvalue weighted by Gasteiger charge is 2.24. The van der Waals surface area contributed by atoms with Crippen molar-refractivity contribution in [2.24, 2.45) is 11.7 Å². The molecule has 3 heteroatoms. The van der Waals surface area contributed by atoms with E-state index < -0.39 is 0 Å². The van der Waals surface area contributed by atoms with Gasteiger partial charge in [-0.3, -0.25) is 0 Å². The van der Waals surface area contributed by atoms with Gasteiger partial charge in [-0.1, -0.05) is 0 Å². The van der Waals surface area contributed by atoms with Gasteiger partial charge in [0.25, 0.3) is 0 Å². The molecule has 1 fully saturated rings. The van der Waals surface area contributed by atoms with Crippen molar-refractivity contribution >= 4 is 0 Å². The number of rotatable bonds is 4. The van der Waals surface area contributed by atoms with Crippen LogP contribution in [0, 0.1) is 5.92 Å². The number of hydrogen-bond donors (Lipinski definition) is 2. The molecule has 84 valence electrons. The van der Waals surface area contributed by atoms with Crippen LogP contribution in [0.2, 0.25) is 0 Å². The second-order valence-corrected chi connectivity index (χ2v) is 4.66. The van der Waals surface area contributed by atoms with Gasteiger partial charge in [-0.25, -0.2) is 0 Å². The summed E-state index contributed by atoms with van der Waals surface area (Å²) in [6.07, 6.45) is 3.21. The molecule has 0 bridgehead atoms. The number of likely N-dealkylation sites (tertiary alicyclic amines) is 1. The van der Waals surface area contributed by atoms with Crippen molar-refractivity contribution in [2.75, 3.05) is 19.6 Å². The molecule has 14 heavy (non-hydrogen) atoms. The lowest BCUT2D eigenvalue weighted by atomic mass is 9.93. The molecule has 1 saturated heterocycles. The minimum Gasteiger partial charge on any atom is -0.393 e. The van der Waals surface area contributed by atoms with Crippen molar-refractivity contribution in [3.05, 3.63) is 0 Å². The molecule has 0 aromatic carbocycles. The molecule has 0 spiro atoms. The Bertz CT molecular complexity index is 161. The summed E-state index contributed by atoms with van der Waals surface area (Å²) in [4.78, 5) is 2.47. The first-order chi connectivity index (χ1) is 6.63. The van der Waals surface area contributed by atoms with E-state index in [0.29, 0.717) is 12.0 Å². The lowest BCUT2D eigenvalue weighted by Gasteiger charge is -2.37. The van der Waals surface area contributed by atoms with Gasteiger partial charge in [-0.05, 0) is 45.6 Å². The zero-order valence-electron chi connectivity index (χ0n) is 9.45. The number of piperidine rings is 1. The van der Waals surface area contributed by atoms with E-state index in [4.69, 9.17) is 5.73 Å². The van der Waals surface area contributed by atoms with Gasteiger partial charge in [-0.2, -0.15) is 0 Å². The van der Waals surface area contributed by atoms with Crippen LogP contribution in [0.3, 0.4) is 0 Å². The van der Waals surface area contributed by atoms with Gasteiger partial charge in [0.1, 0.15) is 0 Å². The Morgan fingerprint density at radius 1 is 1.50 bits per heavy atom. The molecular weight excluding hydrogens is 176 g/mol. The first-order valence-electron chi connectivity index (χ1n) is 5.75. The Morgan fingerprint density at radius 2 is 2.21 bits per heavy atom. The third kappa shape index (κ3) is 3.56. The summed E-state index contributed by atoms with van der Waals surface area (Å²) < 4.78 is 0. The molecule has 3 atom stereocenters. The molecule has 0 aromatic heterocycles. The smallest absolute Gasteiger partial charge is 0.0524 e. The highest BCUT2D eigenvalue weighted by Crippen LogP contribution is 2.21. The van der Waals surface area contributed by atoms with Crippen LogP contribution in [0.25, 0.3) is 0 Å². The zero-order valence-corrected chi connectivity index (χ0v) is 9.45. The Kier molecular flexibility index (Phi) is 4.85. The standard InChI is InChI=1S/C11H24N2O/c1-9-3-4-11(7-12)8-13(9)6-5-10(2)14/h9-11,14H,3-8,12H2,1-2H3. The Labute approximate surface area is 87.3 Å². The molecule has 0 aliphatic carbocycles. The van der Waals surface area contributed by atoms with Crippen molar-refractivity contribution in [3.63, 3.8) is 0 Å². The van der Waals surface area contributed by atoms with Gasteiger partial charge in [0.15, 0.2) is 0 Å². The lowest BCUT2D eigenvalue weighted by Crippen LogP contribution is -2.44. The number of aliphatic hydroxyl groups is 1. The number of nitrogens with two attached hydrogens (primary N) is 1. The van der Waals surface area contributed by atoms with Crippen molar-refractivity contribution in [1.29, 1.82) is 0 Å². The number of nitrogens with zero attached hydrogens (tertiary/aromatic N) is 1. The Morgan fingerprint density at radius 3 is 2.79 bits per heavy atom. The maximum atomic E-state index is 9.24. The minimum atomic E-state index is -0.180. The normalized spacial score (nSPS) is 31.7. The van der Waals surface area contributed by atoms with E-state index in [1.807, 2.05) is 6.92 Å². The lowest BCUT2D eigenvalue weighted by molar-refractivity contribution is 0.0939. The Balaban J connectivity index is 2.32. The van der Waals surface area contributed by atoms with Crippen LogP contribution in [0.1, 0.15) is 33.1 Å². The topological polar surface area (TPSA) is 49.5 Å². The van der Waals surface area contributed by atoms with Crippen molar-refractivity contribution < 1.29 is 5.11 Å². The molecule has 1 aliphatic heterocycles. The highest BCUT2D eigenvalue weighted by atomic mass is 16.3. The van der Waals surface area contributed by atoms with Crippen LogP contribution in [-0.4, -0.2) is 41.8 Å². The van der Waals surface area contributed by atoms with Crippen LogP contribution in [0.15, 0.2) is 0 Å². The average Bonchev–Trinajstić information content (AvgIpc) is 2.16. The van der Waals surface area contributed by atoms with E-state index in [0.717, 1.165) is 26.1 Å². The predicted molar refractivity (Wildman–Crippen MR) is 59.1 cm³/mol. The van der Waals surface area contributed by atoms with E-state index in [-0.39, 0.29) is 6.10 Å². The second kappa shape index (κ2) is 5.69. The SMILES string of the molecule is CC(O)CCN1CC(CN)CCC1C. The molecule has 0 aromatic rings. The molecular formula is C11H24N2O. The highest BCUT2D eigenvalue weighted by molar-refractivity contribution is 4.79. The zero-order chi connectivity index (χ0) is 10.6. The first-order valence-corrected chi connectivity index (χ1v) is 5.75. The number of aliphatic hydroxyl groups excluding tert-OH is 1. The summed E-state index contributed by atoms with van der Waals surface area (Å²) in [5.41, 5.74) is 5.69. The predicted octanol–water partition coefficient (Wildman–Crippen LogP) is 0.816. The summed E-state index contributed by atoms with van der Waals surface area (Å²) in [5, 5.41) is 9.24. The van der Waals surface area contributed by atoms with E-state index in [2.05, 4.69) is 11.8 Å². The fourth-order valence-electron chi connectivity index (χ4n) is 2.12. The average molecular weight is 200 g/mol. The molecule has 3 N–H and O–H groups in total. The fourth-order valence-corrected chi connectivity index (χ4v) is 2.12. The van der Waals surface area contributed by atoms with Crippen LogP contribution in [0.4, 0.5) is 0 Å². The van der Waals surface area contributed by atoms with Crippen LogP contribution < -0.4 is 5.73 Å². The molecule has 1 heterocycles. The van der Waals surface area contributed by atoms with Gasteiger partial charge in [0.2, 0.25) is 0 Å². The summed E-state index contributed by atoms with van der Waals surface area (Å²) in [6, 6.07) is 0.663. The maximum absolute atomic E-state index is 9.24. The van der Waals surface area contributed by atoms with Gasteiger partial charge >= 0.3 is 0 Å². The molecule has 0 radical (unpaired) electrons. The van der Waals surface area contributed by atoms with E-state index in [1.54, 1.807) is 0 Å². The van der Waals surface area contributed by atoms with E-state index in [9.17, 15) is 5.11 Å². The molecule has 0 saturated carbocycles. The van der Waals surface area contributed by atoms with Gasteiger partial charge in [-0.15, -0.1) is 0 Å². The summed E-state index contributed by atoms with van der Waals surface area (Å²) in [7, 11) is 0. The summed E-state index contributed by atoms with van der Waals surface area (Å²) in [6.45, 7) is 7.06. The summed E-state index contributed by atoms with van der Waals surface area (Å²) in [5.74, 6) is 0.667. The minimum absolute atomic E-state index is 0.180. The van der Waals surface area contributed by atoms with E-state index >= 15 is 0 Å². The van der Waals surface area contributed by atoms with Crippen molar-refractivity contribution in [3.8, 4) is 0 Å². The Hall–Kier alpha value is -0.120. The molecule has 3 unspecified atom stereocenters. The molecule has 3 nitrogen and oxygen atoms in total. The van der Waals surface area contributed by atoms with Gasteiger partial charge in [0, 0.05) is 19.1 Å². The third-order valence-corrected chi connectivity index (χ3v) is 3.28. The third-order valence-electron chi connectivity index (χ3n) is 3.28. The quantitative estimate of drug-likeness (QED) is 0.706. The maximum Gasteiger partial charge on any atom is 0.0524 e. The van der Waals surface area contributed by atoms with Gasteiger partial charge in [0.05, 0.1) is 6.10 Å².